The van der Waals surface area contributed by atoms with E-state index in [9.17, 15) is 4.79 Å². The van der Waals surface area contributed by atoms with E-state index in [1.54, 1.807) is 37.7 Å². The average molecular weight is 368 g/mol. The van der Waals surface area contributed by atoms with Crippen molar-refractivity contribution in [3.8, 4) is 11.5 Å². The highest BCUT2D eigenvalue weighted by Crippen LogP contribution is 2.28. The Bertz CT molecular complexity index is 787. The van der Waals surface area contributed by atoms with E-state index in [2.05, 4.69) is 14.9 Å². The van der Waals surface area contributed by atoms with Gasteiger partial charge in [0.05, 0.1) is 13.7 Å². The molecule has 0 unspecified atom stereocenters. The molecule has 1 aromatic carbocycles. The molecule has 7 nitrogen and oxygen atoms in total. The quantitative estimate of drug-likeness (QED) is 0.729. The highest BCUT2D eigenvalue weighted by atomic mass is 16.5. The summed E-state index contributed by atoms with van der Waals surface area (Å²) in [5.74, 6) is 2.06. The third-order valence-corrected chi connectivity index (χ3v) is 4.33. The lowest BCUT2D eigenvalue weighted by Crippen LogP contribution is -2.48. The molecule has 0 bridgehead atoms. The van der Waals surface area contributed by atoms with E-state index < -0.39 is 0 Å². The first kappa shape index (κ1) is 18.7. The minimum Gasteiger partial charge on any atom is -0.493 e. The predicted molar refractivity (Wildman–Crippen MR) is 104 cm³/mol. The minimum absolute atomic E-state index is 0.00326. The molecule has 1 aromatic heterocycles. The number of rotatable bonds is 6. The zero-order valence-corrected chi connectivity index (χ0v) is 15.7. The van der Waals surface area contributed by atoms with Crippen molar-refractivity contribution in [2.45, 2.75) is 6.92 Å². The Balaban J connectivity index is 1.58. The van der Waals surface area contributed by atoms with Crippen LogP contribution in [0.3, 0.4) is 0 Å². The summed E-state index contributed by atoms with van der Waals surface area (Å²) >= 11 is 0. The first-order valence-electron chi connectivity index (χ1n) is 9.01. The largest absolute Gasteiger partial charge is 0.493 e. The minimum atomic E-state index is -0.00326. The second-order valence-corrected chi connectivity index (χ2v) is 6.04. The van der Waals surface area contributed by atoms with Crippen LogP contribution in [-0.2, 0) is 4.79 Å². The summed E-state index contributed by atoms with van der Waals surface area (Å²) in [4.78, 5) is 24.9. The van der Waals surface area contributed by atoms with Gasteiger partial charge in [0.25, 0.3) is 0 Å². The van der Waals surface area contributed by atoms with Crippen LogP contribution in [0.5, 0.6) is 11.5 Å². The zero-order chi connectivity index (χ0) is 19.1. The molecule has 1 fully saturated rings. The van der Waals surface area contributed by atoms with Crippen LogP contribution in [0.2, 0.25) is 0 Å². The lowest BCUT2D eigenvalue weighted by molar-refractivity contribution is -0.126. The number of carbonyl (C=O) groups is 1. The van der Waals surface area contributed by atoms with Crippen LogP contribution in [0, 0.1) is 0 Å². The second-order valence-electron chi connectivity index (χ2n) is 6.04. The van der Waals surface area contributed by atoms with Gasteiger partial charge in [-0.25, -0.2) is 9.97 Å². The Kier molecular flexibility index (Phi) is 6.25. The van der Waals surface area contributed by atoms with E-state index in [1.165, 1.54) is 0 Å². The van der Waals surface area contributed by atoms with Gasteiger partial charge < -0.3 is 19.3 Å². The van der Waals surface area contributed by atoms with Crippen molar-refractivity contribution in [2.24, 2.45) is 0 Å². The summed E-state index contributed by atoms with van der Waals surface area (Å²) in [6.07, 6.45) is 6.86. The second kappa shape index (κ2) is 9.02. The van der Waals surface area contributed by atoms with Gasteiger partial charge in [0.15, 0.2) is 11.5 Å². The van der Waals surface area contributed by atoms with Gasteiger partial charge in [0.2, 0.25) is 11.9 Å². The number of aromatic nitrogens is 2. The van der Waals surface area contributed by atoms with Gasteiger partial charge in [-0.15, -0.1) is 0 Å². The molecule has 0 aliphatic carbocycles. The number of methoxy groups -OCH3 is 1. The smallest absolute Gasteiger partial charge is 0.246 e. The van der Waals surface area contributed by atoms with Crippen molar-refractivity contribution >= 4 is 17.9 Å². The molecule has 27 heavy (non-hydrogen) atoms. The summed E-state index contributed by atoms with van der Waals surface area (Å²) in [7, 11) is 1.60. The van der Waals surface area contributed by atoms with Gasteiger partial charge >= 0.3 is 0 Å². The summed E-state index contributed by atoms with van der Waals surface area (Å²) in [5.41, 5.74) is 0.889. The topological polar surface area (TPSA) is 67.8 Å². The van der Waals surface area contributed by atoms with Crippen LogP contribution in [0.4, 0.5) is 5.95 Å². The summed E-state index contributed by atoms with van der Waals surface area (Å²) < 4.78 is 10.9. The third-order valence-electron chi connectivity index (χ3n) is 4.33. The molecule has 0 N–H and O–H groups in total. The van der Waals surface area contributed by atoms with E-state index >= 15 is 0 Å². The molecule has 1 amide bonds. The first-order chi connectivity index (χ1) is 13.2. The molecule has 0 atom stereocenters. The van der Waals surface area contributed by atoms with E-state index in [-0.39, 0.29) is 5.91 Å². The Labute approximate surface area is 159 Å². The Morgan fingerprint density at radius 1 is 1.15 bits per heavy atom. The third kappa shape index (κ3) is 4.75. The van der Waals surface area contributed by atoms with Crippen molar-refractivity contribution in [3.63, 3.8) is 0 Å². The molecule has 3 rings (SSSR count). The molecule has 2 aromatic rings. The van der Waals surface area contributed by atoms with Crippen LogP contribution in [0.15, 0.2) is 42.7 Å². The molecule has 142 valence electrons. The number of ether oxygens (including phenoxy) is 2. The van der Waals surface area contributed by atoms with Crippen LogP contribution in [0.25, 0.3) is 6.08 Å². The molecule has 0 spiro atoms. The Morgan fingerprint density at radius 3 is 2.56 bits per heavy atom. The van der Waals surface area contributed by atoms with Gasteiger partial charge in [-0.3, -0.25) is 4.79 Å². The standard InChI is InChI=1S/C20H24N4O3/c1-3-27-17-7-5-16(15-18(17)26-2)6-8-19(25)23-11-13-24(14-12-23)20-21-9-4-10-22-20/h4-10,15H,3,11-14H2,1-2H3/b8-6+. The molecule has 0 radical (unpaired) electrons. The normalized spacial score (nSPS) is 14.4. The number of nitrogens with zero attached hydrogens (tertiary/aromatic N) is 4. The van der Waals surface area contributed by atoms with Gasteiger partial charge in [0, 0.05) is 44.6 Å². The van der Waals surface area contributed by atoms with Crippen molar-refractivity contribution in [1.29, 1.82) is 0 Å². The molecule has 0 saturated carbocycles. The molecular formula is C20H24N4O3. The lowest BCUT2D eigenvalue weighted by Gasteiger charge is -2.34. The van der Waals surface area contributed by atoms with Gasteiger partial charge in [-0.1, -0.05) is 6.07 Å². The first-order valence-corrected chi connectivity index (χ1v) is 9.01. The van der Waals surface area contributed by atoms with E-state index in [4.69, 9.17) is 9.47 Å². The number of amides is 1. The van der Waals surface area contributed by atoms with E-state index in [1.807, 2.05) is 30.0 Å². The lowest BCUT2D eigenvalue weighted by atomic mass is 10.2. The number of hydrogen-bond donors (Lipinski definition) is 0. The van der Waals surface area contributed by atoms with Crippen molar-refractivity contribution in [2.75, 3.05) is 44.8 Å². The van der Waals surface area contributed by atoms with Crippen molar-refractivity contribution in [1.82, 2.24) is 14.9 Å². The number of carbonyl (C=O) groups excluding carboxylic acids is 1. The average Bonchev–Trinajstić information content (AvgIpc) is 2.73. The Hall–Kier alpha value is -3.09. The van der Waals surface area contributed by atoms with Crippen molar-refractivity contribution in [3.05, 3.63) is 48.3 Å². The van der Waals surface area contributed by atoms with Gasteiger partial charge in [0.1, 0.15) is 0 Å². The highest BCUT2D eigenvalue weighted by Gasteiger charge is 2.21. The number of anilines is 1. The SMILES string of the molecule is CCOc1ccc(/C=C/C(=O)N2CCN(c3ncccn3)CC2)cc1OC. The fourth-order valence-corrected chi connectivity index (χ4v) is 2.92. The number of hydrogen-bond acceptors (Lipinski definition) is 6. The van der Waals surface area contributed by atoms with Crippen LogP contribution < -0.4 is 14.4 Å². The molecular weight excluding hydrogens is 344 g/mol. The fourth-order valence-electron chi connectivity index (χ4n) is 2.92. The zero-order valence-electron chi connectivity index (χ0n) is 15.7. The molecule has 2 heterocycles. The Morgan fingerprint density at radius 2 is 1.89 bits per heavy atom. The van der Waals surface area contributed by atoms with Crippen LogP contribution in [-0.4, -0.2) is 60.7 Å². The molecule has 1 saturated heterocycles. The van der Waals surface area contributed by atoms with Crippen LogP contribution >= 0.6 is 0 Å². The van der Waals surface area contributed by atoms with Crippen LogP contribution in [0.1, 0.15) is 12.5 Å². The number of piperazine rings is 1. The maximum absolute atomic E-state index is 12.5. The molecule has 1 aliphatic heterocycles. The predicted octanol–water partition coefficient (Wildman–Crippen LogP) is 2.25. The maximum atomic E-state index is 12.5. The monoisotopic (exact) mass is 368 g/mol. The highest BCUT2D eigenvalue weighted by molar-refractivity contribution is 5.92. The van der Waals surface area contributed by atoms with E-state index in [0.29, 0.717) is 37.1 Å². The summed E-state index contributed by atoms with van der Waals surface area (Å²) in [6.45, 7) is 5.24. The van der Waals surface area contributed by atoms with Crippen molar-refractivity contribution < 1.29 is 14.3 Å². The fraction of sp³-hybridized carbons (Fsp3) is 0.350. The maximum Gasteiger partial charge on any atom is 0.246 e. The van der Waals surface area contributed by atoms with Gasteiger partial charge in [-0.2, -0.15) is 0 Å². The van der Waals surface area contributed by atoms with E-state index in [0.717, 1.165) is 18.7 Å². The molecule has 7 heteroatoms. The molecule has 1 aliphatic rings. The summed E-state index contributed by atoms with van der Waals surface area (Å²) in [5, 5.41) is 0. The van der Waals surface area contributed by atoms with Gasteiger partial charge in [-0.05, 0) is 36.8 Å². The number of benzene rings is 1. The summed E-state index contributed by atoms with van der Waals surface area (Å²) in [6, 6.07) is 7.41.